The zero-order valence-corrected chi connectivity index (χ0v) is 29.7. The van der Waals surface area contributed by atoms with Crippen LogP contribution in [0.25, 0.3) is 21.0 Å². The Kier molecular flexibility index (Phi) is 8.40. The quantitative estimate of drug-likeness (QED) is 0.236. The van der Waals surface area contributed by atoms with Crippen molar-refractivity contribution in [3.8, 4) is 16.5 Å². The van der Waals surface area contributed by atoms with Crippen LogP contribution in [0.5, 0.6) is 5.75 Å². The van der Waals surface area contributed by atoms with Gasteiger partial charge < -0.3 is 18.6 Å². The maximum Gasteiger partial charge on any atom is 0.333 e. The number of aryl methyl sites for hydroxylation is 1. The lowest BCUT2D eigenvalue weighted by atomic mass is 10.0. The summed E-state index contributed by atoms with van der Waals surface area (Å²) in [7, 11) is -2.49. The number of rotatable bonds is 11. The monoisotopic (exact) mass is 712 g/mol. The number of hydrogen-bond acceptors (Lipinski definition) is 11. The molecule has 3 aliphatic rings. The molecule has 1 saturated carbocycles. The molecule has 0 spiro atoms. The Hall–Kier alpha value is -3.79. The van der Waals surface area contributed by atoms with Crippen molar-refractivity contribution in [1.82, 2.24) is 18.8 Å². The molecular formula is C34H40N4O9S2. The van der Waals surface area contributed by atoms with E-state index in [0.717, 1.165) is 17.4 Å². The molecule has 4 aromatic rings. The zero-order chi connectivity index (χ0) is 34.9. The second kappa shape index (κ2) is 12.2. The van der Waals surface area contributed by atoms with Crippen LogP contribution in [0, 0.1) is 6.92 Å². The van der Waals surface area contributed by atoms with Crippen molar-refractivity contribution in [3.05, 3.63) is 68.7 Å². The van der Waals surface area contributed by atoms with E-state index in [-0.39, 0.29) is 36.1 Å². The molecule has 4 atom stereocenters. The van der Waals surface area contributed by atoms with Crippen molar-refractivity contribution < 1.29 is 31.8 Å². The number of amides is 1. The summed E-state index contributed by atoms with van der Waals surface area (Å²) in [5.41, 5.74) is -2.19. The van der Waals surface area contributed by atoms with Crippen LogP contribution in [0.3, 0.4) is 0 Å². The maximum atomic E-state index is 14.7. The fraction of sp³-hybridized carbons (Fsp3) is 0.529. The molecule has 0 radical (unpaired) electrons. The van der Waals surface area contributed by atoms with Crippen LogP contribution in [0.1, 0.15) is 76.5 Å². The minimum Gasteiger partial charge on any atom is -0.496 e. The Morgan fingerprint density at radius 2 is 1.88 bits per heavy atom. The zero-order valence-electron chi connectivity index (χ0n) is 28.1. The van der Waals surface area contributed by atoms with Gasteiger partial charge in [-0.15, -0.1) is 11.3 Å². The number of benzene rings is 1. The van der Waals surface area contributed by atoms with Crippen LogP contribution in [0.15, 0.2) is 50.7 Å². The van der Waals surface area contributed by atoms with Crippen molar-refractivity contribution >= 4 is 37.5 Å². The van der Waals surface area contributed by atoms with E-state index in [4.69, 9.17) is 18.6 Å². The van der Waals surface area contributed by atoms with Gasteiger partial charge in [-0.1, -0.05) is 18.2 Å². The fourth-order valence-electron chi connectivity index (χ4n) is 6.92. The third-order valence-electron chi connectivity index (χ3n) is 10.2. The molecule has 3 aromatic heterocycles. The molecule has 15 heteroatoms. The largest absolute Gasteiger partial charge is 0.496 e. The van der Waals surface area contributed by atoms with Gasteiger partial charge in [-0.2, -0.15) is 0 Å². The number of nitrogens with zero attached hydrogens (tertiary/aromatic N) is 3. The maximum absolute atomic E-state index is 14.7. The molecule has 1 aliphatic carbocycles. The van der Waals surface area contributed by atoms with Crippen molar-refractivity contribution in [2.24, 2.45) is 0 Å². The van der Waals surface area contributed by atoms with Crippen molar-refractivity contribution in [2.45, 2.75) is 107 Å². The lowest BCUT2D eigenvalue weighted by Crippen LogP contribution is -2.57. The normalized spacial score (nSPS) is 22.3. The van der Waals surface area contributed by atoms with Crippen LogP contribution in [0.2, 0.25) is 0 Å². The summed E-state index contributed by atoms with van der Waals surface area (Å²) >= 11 is 1.18. The molecule has 1 N–H and O–H groups in total. The predicted molar refractivity (Wildman–Crippen MR) is 182 cm³/mol. The molecule has 49 heavy (non-hydrogen) atoms. The Morgan fingerprint density at radius 1 is 1.18 bits per heavy atom. The molecule has 3 fully saturated rings. The minimum absolute atomic E-state index is 0.0400. The van der Waals surface area contributed by atoms with E-state index in [2.05, 4.69) is 9.71 Å². The lowest BCUT2D eigenvalue weighted by Gasteiger charge is -2.33. The first-order chi connectivity index (χ1) is 23.2. The molecule has 2 saturated heterocycles. The average molecular weight is 713 g/mol. The molecular weight excluding hydrogens is 673 g/mol. The third-order valence-corrected chi connectivity index (χ3v) is 13.7. The molecule has 2 aliphatic heterocycles. The summed E-state index contributed by atoms with van der Waals surface area (Å²) in [5.74, 6) is -0.136. The topological polar surface area (TPSA) is 161 Å². The van der Waals surface area contributed by atoms with Gasteiger partial charge in [-0.3, -0.25) is 18.9 Å². The number of methoxy groups -OCH3 is 1. The van der Waals surface area contributed by atoms with Crippen LogP contribution in [-0.2, 0) is 36.4 Å². The summed E-state index contributed by atoms with van der Waals surface area (Å²) in [4.78, 5) is 48.1. The highest BCUT2D eigenvalue weighted by Gasteiger charge is 2.52. The van der Waals surface area contributed by atoms with E-state index in [1.165, 1.54) is 42.2 Å². The van der Waals surface area contributed by atoms with Gasteiger partial charge in [0.1, 0.15) is 28.5 Å². The van der Waals surface area contributed by atoms with Crippen molar-refractivity contribution in [1.29, 1.82) is 0 Å². The molecule has 1 aromatic carbocycles. The summed E-state index contributed by atoms with van der Waals surface area (Å²) < 4.78 is 53.8. The number of carbonyl (C=O) groups excluding carboxylic acids is 1. The van der Waals surface area contributed by atoms with Gasteiger partial charge in [0.25, 0.3) is 11.5 Å². The smallest absolute Gasteiger partial charge is 0.333 e. The third kappa shape index (κ3) is 5.83. The number of aromatic nitrogens is 3. The van der Waals surface area contributed by atoms with Crippen molar-refractivity contribution in [3.63, 3.8) is 0 Å². The average Bonchev–Trinajstić information content (AvgIpc) is 3.35. The van der Waals surface area contributed by atoms with Crippen LogP contribution in [-0.4, -0.2) is 58.6 Å². The lowest BCUT2D eigenvalue weighted by molar-refractivity contribution is -0.126. The fourth-order valence-corrected chi connectivity index (χ4v) is 9.54. The number of para-hydroxylation sites is 1. The van der Waals surface area contributed by atoms with E-state index in [9.17, 15) is 22.8 Å². The van der Waals surface area contributed by atoms with E-state index >= 15 is 0 Å². The van der Waals surface area contributed by atoms with Gasteiger partial charge in [0.2, 0.25) is 15.9 Å². The number of nitrogens with one attached hydrogen (secondary N) is 1. The highest BCUT2D eigenvalue weighted by molar-refractivity contribution is 7.91. The second-order valence-corrected chi connectivity index (χ2v) is 17.2. The number of fused-ring (bicyclic) bond motifs is 3. The van der Waals surface area contributed by atoms with Crippen LogP contribution >= 0.6 is 11.3 Å². The molecule has 13 nitrogen and oxygen atoms in total. The molecule has 5 heterocycles. The van der Waals surface area contributed by atoms with E-state index < -0.39 is 43.6 Å². The standard InChI is InChI=1S/C34H40N4O9S2/c1-19-26-29(39)38(33(2,3)31(40)36-49(42,43)34(4)12-13-34)32(41)37(30(26)48-27(19)28-35-14-15-45-28)18-25(23-8-6-7-9-24(23)44-5)47-22-16-20-10-11-21(17-22)46-20/h6-9,14-15,20-22,25H,10-13,16-18H2,1-5H3,(H,36,40)/t20-,21+,22?,25-/m0/s1. The summed E-state index contributed by atoms with van der Waals surface area (Å²) in [6, 6.07) is 7.42. The Bertz CT molecular complexity index is 2130. The highest BCUT2D eigenvalue weighted by atomic mass is 32.2. The second-order valence-electron chi connectivity index (χ2n) is 14.0. The number of ether oxygens (including phenoxy) is 3. The van der Waals surface area contributed by atoms with Gasteiger partial charge in [-0.25, -0.2) is 22.8 Å². The van der Waals surface area contributed by atoms with Crippen LogP contribution in [0.4, 0.5) is 0 Å². The highest BCUT2D eigenvalue weighted by Crippen LogP contribution is 2.43. The number of sulfonamides is 1. The Labute approximate surface area is 287 Å². The molecule has 262 valence electrons. The first-order valence-electron chi connectivity index (χ1n) is 16.4. The Morgan fingerprint density at radius 3 is 2.51 bits per heavy atom. The first kappa shape index (κ1) is 33.7. The number of carbonyl (C=O) groups is 1. The Balaban J connectivity index is 1.39. The number of hydrogen-bond donors (Lipinski definition) is 1. The van der Waals surface area contributed by atoms with Gasteiger partial charge >= 0.3 is 5.69 Å². The van der Waals surface area contributed by atoms with E-state index in [1.807, 2.05) is 24.3 Å². The van der Waals surface area contributed by atoms with Crippen molar-refractivity contribution in [2.75, 3.05) is 7.11 Å². The molecule has 2 bridgehead atoms. The molecule has 1 amide bonds. The predicted octanol–water partition coefficient (Wildman–Crippen LogP) is 4.40. The van der Waals surface area contributed by atoms with E-state index in [1.54, 1.807) is 21.0 Å². The number of thiophene rings is 1. The SMILES string of the molecule is COc1ccccc1[C@H](Cn1c(=O)n(C(C)(C)C(=O)NS(=O)(=O)C2(C)CC2)c(=O)c2c(C)c(-c3ncco3)sc21)OC1C[C@H]2CC[C@@H](C1)O2. The van der Waals surface area contributed by atoms with Gasteiger partial charge in [0, 0.05) is 5.56 Å². The summed E-state index contributed by atoms with van der Waals surface area (Å²) in [6.45, 7) is 5.99. The number of oxazole rings is 1. The van der Waals surface area contributed by atoms with Crippen LogP contribution < -0.4 is 20.7 Å². The summed E-state index contributed by atoms with van der Waals surface area (Å²) in [5, 5.41) is 0.193. The minimum atomic E-state index is -4.06. The first-order valence-corrected chi connectivity index (χ1v) is 18.7. The summed E-state index contributed by atoms with van der Waals surface area (Å²) in [6.07, 6.45) is 6.45. The molecule has 1 unspecified atom stereocenters. The van der Waals surface area contributed by atoms with Gasteiger partial charge in [-0.05, 0) is 77.8 Å². The molecule has 7 rings (SSSR count). The van der Waals surface area contributed by atoms with E-state index in [0.29, 0.717) is 52.3 Å². The van der Waals surface area contributed by atoms with Gasteiger partial charge in [0.15, 0.2) is 0 Å². The van der Waals surface area contributed by atoms with Gasteiger partial charge in [0.05, 0.1) is 53.2 Å².